The van der Waals surface area contributed by atoms with Gasteiger partial charge in [0, 0.05) is 52.2 Å². The van der Waals surface area contributed by atoms with E-state index in [1.807, 2.05) is 25.2 Å². The third-order valence-electron chi connectivity index (χ3n) is 5.32. The molecule has 0 saturated carbocycles. The molecule has 26 heavy (non-hydrogen) atoms. The highest BCUT2D eigenvalue weighted by atomic mass is 16.5. The molecule has 1 aromatic heterocycles. The Morgan fingerprint density at radius 1 is 1.31 bits per heavy atom. The second-order valence-corrected chi connectivity index (χ2v) is 6.96. The summed E-state index contributed by atoms with van der Waals surface area (Å²) >= 11 is 0. The lowest BCUT2D eigenvalue weighted by molar-refractivity contribution is 0.0195. The number of aromatic amines is 1. The zero-order valence-electron chi connectivity index (χ0n) is 15.4. The molecule has 2 N–H and O–H groups in total. The molecule has 7 heteroatoms. The van der Waals surface area contributed by atoms with E-state index in [0.29, 0.717) is 6.04 Å². The largest absolute Gasteiger partial charge is 0.379 e. The number of aromatic nitrogens is 2. The van der Waals surface area contributed by atoms with Crippen molar-refractivity contribution in [3.8, 4) is 0 Å². The maximum Gasteiger partial charge on any atom is 0.193 e. The van der Waals surface area contributed by atoms with E-state index in [1.165, 1.54) is 6.42 Å². The van der Waals surface area contributed by atoms with E-state index in [9.17, 15) is 0 Å². The number of aliphatic imine (C=N–C) groups is 1. The van der Waals surface area contributed by atoms with E-state index in [0.717, 1.165) is 75.2 Å². The molecule has 0 bridgehead atoms. The number of guanidine groups is 1. The first kappa shape index (κ1) is 17.3. The number of morpholine rings is 1. The number of nitrogens with zero attached hydrogens (tertiary/aromatic N) is 4. The summed E-state index contributed by atoms with van der Waals surface area (Å²) < 4.78 is 5.47. The lowest BCUT2D eigenvalue weighted by atomic mass is 10.2. The molecule has 140 valence electrons. The van der Waals surface area contributed by atoms with Crippen molar-refractivity contribution in [2.45, 2.75) is 18.9 Å². The second kappa shape index (κ2) is 8.05. The van der Waals surface area contributed by atoms with Crippen molar-refractivity contribution >= 4 is 17.0 Å². The first-order valence-corrected chi connectivity index (χ1v) is 9.54. The van der Waals surface area contributed by atoms with Crippen LogP contribution < -0.4 is 5.32 Å². The first-order valence-electron chi connectivity index (χ1n) is 9.54. The molecule has 7 nitrogen and oxygen atoms in total. The van der Waals surface area contributed by atoms with Crippen LogP contribution in [0.1, 0.15) is 12.2 Å². The van der Waals surface area contributed by atoms with Gasteiger partial charge in [-0.2, -0.15) is 0 Å². The average Bonchev–Trinajstić information content (AvgIpc) is 3.33. The summed E-state index contributed by atoms with van der Waals surface area (Å²) in [7, 11) is 1.87. The predicted octanol–water partition coefficient (Wildman–Crippen LogP) is 1.09. The normalized spacial score (nSPS) is 22.3. The third kappa shape index (κ3) is 3.83. The van der Waals surface area contributed by atoms with E-state index in [-0.39, 0.29) is 0 Å². The summed E-state index contributed by atoms with van der Waals surface area (Å²) in [5.74, 6) is 2.01. The molecule has 4 rings (SSSR count). The highest BCUT2D eigenvalue weighted by Crippen LogP contribution is 2.17. The maximum atomic E-state index is 5.47. The molecule has 0 radical (unpaired) electrons. The second-order valence-electron chi connectivity index (χ2n) is 6.96. The van der Waals surface area contributed by atoms with Crippen molar-refractivity contribution in [3.63, 3.8) is 0 Å². The van der Waals surface area contributed by atoms with Gasteiger partial charge in [0.25, 0.3) is 0 Å². The van der Waals surface area contributed by atoms with Crippen molar-refractivity contribution in [3.05, 3.63) is 30.1 Å². The monoisotopic (exact) mass is 356 g/mol. The molecule has 2 aliphatic rings. The predicted molar refractivity (Wildman–Crippen MR) is 104 cm³/mol. The highest BCUT2D eigenvalue weighted by Gasteiger charge is 2.30. The average molecular weight is 356 g/mol. The highest BCUT2D eigenvalue weighted by molar-refractivity contribution is 5.80. The van der Waals surface area contributed by atoms with Gasteiger partial charge in [0.05, 0.1) is 24.2 Å². The van der Waals surface area contributed by atoms with Gasteiger partial charge >= 0.3 is 0 Å². The molecule has 1 atom stereocenters. The summed E-state index contributed by atoms with van der Waals surface area (Å²) in [6, 6.07) is 8.77. The van der Waals surface area contributed by atoms with E-state index in [2.05, 4.69) is 36.1 Å². The fourth-order valence-electron chi connectivity index (χ4n) is 3.92. The molecule has 2 aromatic rings. The Bertz CT molecular complexity index is 718. The lowest BCUT2D eigenvalue weighted by Gasteiger charge is -2.32. The van der Waals surface area contributed by atoms with Gasteiger partial charge in [-0.3, -0.25) is 9.89 Å². The van der Waals surface area contributed by atoms with Gasteiger partial charge < -0.3 is 19.9 Å². The van der Waals surface area contributed by atoms with Gasteiger partial charge in [-0.1, -0.05) is 12.1 Å². The van der Waals surface area contributed by atoms with Gasteiger partial charge in [-0.15, -0.1) is 0 Å². The van der Waals surface area contributed by atoms with E-state index in [4.69, 9.17) is 4.74 Å². The zero-order chi connectivity index (χ0) is 17.8. The van der Waals surface area contributed by atoms with Crippen LogP contribution in [0.25, 0.3) is 11.0 Å². The van der Waals surface area contributed by atoms with Gasteiger partial charge in [-0.05, 0) is 18.6 Å². The number of rotatable bonds is 4. The van der Waals surface area contributed by atoms with Gasteiger partial charge in [0.15, 0.2) is 5.96 Å². The number of para-hydroxylation sites is 2. The van der Waals surface area contributed by atoms with Crippen LogP contribution >= 0.6 is 0 Å². The fraction of sp³-hybridized carbons (Fsp3) is 0.579. The van der Waals surface area contributed by atoms with Crippen molar-refractivity contribution in [1.82, 2.24) is 25.1 Å². The standard InChI is InChI=1S/C19H28N6O/c1-20-19(25-9-7-15(14-25)24-10-12-26-13-11-24)21-8-6-18-22-16-4-2-3-5-17(16)23-18/h2-5,15H,6-14H2,1H3,(H,20,21)(H,22,23). The van der Waals surface area contributed by atoms with Crippen LogP contribution in [0.5, 0.6) is 0 Å². The summed E-state index contributed by atoms with van der Waals surface area (Å²) in [6.45, 7) is 6.76. The minimum Gasteiger partial charge on any atom is -0.379 e. The number of hydrogen-bond donors (Lipinski definition) is 2. The topological polar surface area (TPSA) is 68.8 Å². The quantitative estimate of drug-likeness (QED) is 0.634. The van der Waals surface area contributed by atoms with Crippen LogP contribution in [0.4, 0.5) is 0 Å². The van der Waals surface area contributed by atoms with Crippen molar-refractivity contribution < 1.29 is 4.74 Å². The summed E-state index contributed by atoms with van der Waals surface area (Å²) in [5.41, 5.74) is 2.12. The van der Waals surface area contributed by atoms with Crippen LogP contribution in [0, 0.1) is 0 Å². The van der Waals surface area contributed by atoms with Crippen molar-refractivity contribution in [2.24, 2.45) is 4.99 Å². The zero-order valence-corrected chi connectivity index (χ0v) is 15.4. The SMILES string of the molecule is CN=C(NCCc1nc2ccccc2[nH]1)N1CCC(N2CCOCC2)C1. The molecule has 0 spiro atoms. The summed E-state index contributed by atoms with van der Waals surface area (Å²) in [4.78, 5) is 17.4. The van der Waals surface area contributed by atoms with Gasteiger partial charge in [0.1, 0.15) is 5.82 Å². The smallest absolute Gasteiger partial charge is 0.193 e. The van der Waals surface area contributed by atoms with Gasteiger partial charge in [-0.25, -0.2) is 4.98 Å². The Morgan fingerprint density at radius 3 is 2.96 bits per heavy atom. The molecule has 0 amide bonds. The molecule has 2 saturated heterocycles. The van der Waals surface area contributed by atoms with E-state index < -0.39 is 0 Å². The van der Waals surface area contributed by atoms with Crippen LogP contribution in [0.15, 0.2) is 29.3 Å². The minimum absolute atomic E-state index is 0.618. The number of benzene rings is 1. The van der Waals surface area contributed by atoms with Crippen LogP contribution in [-0.2, 0) is 11.2 Å². The molecular formula is C19H28N6O. The molecule has 0 aliphatic carbocycles. The minimum atomic E-state index is 0.618. The molecule has 2 aliphatic heterocycles. The lowest BCUT2D eigenvalue weighted by Crippen LogP contribution is -2.46. The molecule has 1 aromatic carbocycles. The summed E-state index contributed by atoms with van der Waals surface area (Å²) in [6.07, 6.45) is 2.05. The number of H-pyrrole nitrogens is 1. The molecule has 3 heterocycles. The Hall–Kier alpha value is -2.12. The van der Waals surface area contributed by atoms with Crippen LogP contribution in [0.3, 0.4) is 0 Å². The summed E-state index contributed by atoms with van der Waals surface area (Å²) in [5, 5.41) is 3.50. The molecule has 2 fully saturated rings. The molecule has 1 unspecified atom stereocenters. The Morgan fingerprint density at radius 2 is 2.15 bits per heavy atom. The van der Waals surface area contributed by atoms with E-state index in [1.54, 1.807) is 0 Å². The Labute approximate surface area is 154 Å². The Balaban J connectivity index is 1.28. The number of hydrogen-bond acceptors (Lipinski definition) is 4. The molecular weight excluding hydrogens is 328 g/mol. The fourth-order valence-corrected chi connectivity index (χ4v) is 3.92. The number of nitrogens with one attached hydrogen (secondary N) is 2. The van der Waals surface area contributed by atoms with Crippen molar-refractivity contribution in [2.75, 3.05) is 53.0 Å². The van der Waals surface area contributed by atoms with E-state index >= 15 is 0 Å². The number of fused-ring (bicyclic) bond motifs is 1. The number of imidazole rings is 1. The Kier molecular flexibility index (Phi) is 5.36. The first-order chi connectivity index (χ1) is 12.8. The van der Waals surface area contributed by atoms with Gasteiger partial charge in [0.2, 0.25) is 0 Å². The maximum absolute atomic E-state index is 5.47. The van der Waals surface area contributed by atoms with Crippen LogP contribution in [0.2, 0.25) is 0 Å². The number of ether oxygens (including phenoxy) is 1. The number of likely N-dealkylation sites (tertiary alicyclic amines) is 1. The third-order valence-corrected chi connectivity index (χ3v) is 5.32. The van der Waals surface area contributed by atoms with Crippen molar-refractivity contribution in [1.29, 1.82) is 0 Å². The van der Waals surface area contributed by atoms with Crippen LogP contribution in [-0.4, -0.2) is 84.8 Å².